The number of hydrazone groups is 1. The quantitative estimate of drug-likeness (QED) is 0.604. The van der Waals surface area contributed by atoms with E-state index in [0.717, 1.165) is 42.8 Å². The molecule has 0 atom stereocenters. The third-order valence-corrected chi connectivity index (χ3v) is 5.24. The van der Waals surface area contributed by atoms with E-state index in [1.165, 1.54) is 17.7 Å². The van der Waals surface area contributed by atoms with Crippen LogP contribution < -0.4 is 5.43 Å². The maximum Gasteiger partial charge on any atom is 0.274 e. The second-order valence-corrected chi connectivity index (χ2v) is 7.23. The zero-order chi connectivity index (χ0) is 20.8. The van der Waals surface area contributed by atoms with E-state index in [1.807, 2.05) is 18.2 Å². The smallest absolute Gasteiger partial charge is 0.274 e. The Kier molecular flexibility index (Phi) is 6.35. The number of amides is 1. The lowest BCUT2D eigenvalue weighted by atomic mass is 10.1. The molecule has 6 heteroatoms. The number of benzene rings is 2. The van der Waals surface area contributed by atoms with Gasteiger partial charge in [0.2, 0.25) is 0 Å². The van der Waals surface area contributed by atoms with Crippen LogP contribution in [-0.2, 0) is 4.74 Å². The summed E-state index contributed by atoms with van der Waals surface area (Å²) in [4.78, 5) is 14.5. The number of rotatable bonds is 5. The molecule has 2 aromatic carbocycles. The van der Waals surface area contributed by atoms with E-state index in [-0.39, 0.29) is 5.56 Å². The van der Waals surface area contributed by atoms with Crippen LogP contribution in [0.4, 0.5) is 4.39 Å². The van der Waals surface area contributed by atoms with Gasteiger partial charge in [0.05, 0.1) is 25.0 Å². The van der Waals surface area contributed by atoms with Gasteiger partial charge in [0.1, 0.15) is 5.82 Å². The van der Waals surface area contributed by atoms with Crippen molar-refractivity contribution in [1.29, 1.82) is 0 Å². The summed E-state index contributed by atoms with van der Waals surface area (Å²) in [7, 11) is 0. The number of nitrogens with one attached hydrogen (secondary N) is 1. The molecule has 2 aliphatic rings. The van der Waals surface area contributed by atoms with Gasteiger partial charge in [-0.3, -0.25) is 4.79 Å². The average Bonchev–Trinajstić information content (AvgIpc) is 3.17. The van der Waals surface area contributed by atoms with Crippen molar-refractivity contribution in [3.63, 3.8) is 0 Å². The Bertz CT molecular complexity index is 993. The van der Waals surface area contributed by atoms with E-state index in [9.17, 15) is 9.18 Å². The highest BCUT2D eigenvalue weighted by atomic mass is 19.1. The minimum atomic E-state index is -0.563. The fraction of sp³-hybridized carbons (Fsp3) is 0.250. The van der Waals surface area contributed by atoms with E-state index < -0.39 is 11.7 Å². The number of ether oxygens (including phenoxy) is 1. The maximum atomic E-state index is 13.8. The van der Waals surface area contributed by atoms with Gasteiger partial charge in [-0.05, 0) is 47.8 Å². The van der Waals surface area contributed by atoms with E-state index in [4.69, 9.17) is 4.74 Å². The van der Waals surface area contributed by atoms with Crippen LogP contribution in [0.2, 0.25) is 0 Å². The highest BCUT2D eigenvalue weighted by Crippen LogP contribution is 2.34. The summed E-state index contributed by atoms with van der Waals surface area (Å²) >= 11 is 0. The molecule has 0 spiro atoms. The molecular weight excluding hydrogens is 381 g/mol. The molecule has 0 bridgehead atoms. The van der Waals surface area contributed by atoms with Gasteiger partial charge in [0.25, 0.3) is 5.91 Å². The van der Waals surface area contributed by atoms with Gasteiger partial charge in [-0.2, -0.15) is 5.10 Å². The van der Waals surface area contributed by atoms with Crippen molar-refractivity contribution in [2.45, 2.75) is 12.8 Å². The van der Waals surface area contributed by atoms with E-state index in [2.05, 4.69) is 33.6 Å². The summed E-state index contributed by atoms with van der Waals surface area (Å²) in [6.07, 6.45) is 5.65. The molecule has 1 aliphatic carbocycles. The molecule has 2 aromatic rings. The SMILES string of the molecule is O=C(N/N=C\C1=C(N2CCOCC2)C(=Cc2ccccc2)CC1)c1ccccc1F. The summed E-state index contributed by atoms with van der Waals surface area (Å²) < 4.78 is 19.3. The number of morpholine rings is 1. The predicted molar refractivity (Wildman–Crippen MR) is 115 cm³/mol. The highest BCUT2D eigenvalue weighted by molar-refractivity contribution is 5.95. The Balaban J connectivity index is 1.57. The maximum absolute atomic E-state index is 13.8. The van der Waals surface area contributed by atoms with Crippen LogP contribution in [-0.4, -0.2) is 43.3 Å². The van der Waals surface area contributed by atoms with Crippen LogP contribution >= 0.6 is 0 Å². The molecule has 4 rings (SSSR count). The zero-order valence-electron chi connectivity index (χ0n) is 16.7. The Morgan fingerprint density at radius 1 is 1.03 bits per heavy atom. The largest absolute Gasteiger partial charge is 0.378 e. The van der Waals surface area contributed by atoms with Crippen molar-refractivity contribution in [3.8, 4) is 0 Å². The third kappa shape index (κ3) is 4.66. The highest BCUT2D eigenvalue weighted by Gasteiger charge is 2.25. The molecule has 1 heterocycles. The van der Waals surface area contributed by atoms with Crippen LogP contribution in [0, 0.1) is 5.82 Å². The van der Waals surface area contributed by atoms with Crippen molar-refractivity contribution < 1.29 is 13.9 Å². The molecule has 0 aromatic heterocycles. The van der Waals surface area contributed by atoms with Crippen molar-refractivity contribution in [2.24, 2.45) is 5.10 Å². The number of allylic oxidation sites excluding steroid dienone is 2. The second kappa shape index (κ2) is 9.50. The Labute approximate surface area is 175 Å². The lowest BCUT2D eigenvalue weighted by Crippen LogP contribution is -2.36. The van der Waals surface area contributed by atoms with Crippen LogP contribution in [0.25, 0.3) is 6.08 Å². The van der Waals surface area contributed by atoms with E-state index >= 15 is 0 Å². The summed E-state index contributed by atoms with van der Waals surface area (Å²) in [5.74, 6) is -1.12. The number of nitrogens with zero attached hydrogens (tertiary/aromatic N) is 2. The van der Waals surface area contributed by atoms with Crippen molar-refractivity contribution in [3.05, 3.63) is 88.4 Å². The Morgan fingerprint density at radius 3 is 2.53 bits per heavy atom. The molecule has 1 aliphatic heterocycles. The summed E-state index contributed by atoms with van der Waals surface area (Å²) in [6, 6.07) is 16.1. The molecule has 1 fully saturated rings. The van der Waals surface area contributed by atoms with Gasteiger partial charge < -0.3 is 9.64 Å². The average molecular weight is 405 g/mol. The minimum Gasteiger partial charge on any atom is -0.378 e. The normalized spacial score (nSPS) is 18.4. The molecule has 1 saturated heterocycles. The second-order valence-electron chi connectivity index (χ2n) is 7.23. The first-order valence-corrected chi connectivity index (χ1v) is 10.1. The monoisotopic (exact) mass is 405 g/mol. The van der Waals surface area contributed by atoms with Gasteiger partial charge in [-0.15, -0.1) is 0 Å². The number of carbonyl (C=O) groups is 1. The lowest BCUT2D eigenvalue weighted by Gasteiger charge is -2.31. The van der Waals surface area contributed by atoms with Gasteiger partial charge in [0.15, 0.2) is 0 Å². The molecule has 154 valence electrons. The summed E-state index contributed by atoms with van der Waals surface area (Å²) in [5.41, 5.74) is 7.06. The van der Waals surface area contributed by atoms with Crippen LogP contribution in [0.3, 0.4) is 0 Å². The molecule has 30 heavy (non-hydrogen) atoms. The first-order valence-electron chi connectivity index (χ1n) is 10.1. The fourth-order valence-corrected chi connectivity index (χ4v) is 3.80. The molecule has 1 N–H and O–H groups in total. The molecule has 5 nitrogen and oxygen atoms in total. The van der Waals surface area contributed by atoms with Gasteiger partial charge >= 0.3 is 0 Å². The molecule has 0 radical (unpaired) electrons. The minimum absolute atomic E-state index is 0.0203. The van der Waals surface area contributed by atoms with Gasteiger partial charge in [0, 0.05) is 18.8 Å². The van der Waals surface area contributed by atoms with E-state index in [0.29, 0.717) is 13.2 Å². The third-order valence-electron chi connectivity index (χ3n) is 5.24. The number of carbonyl (C=O) groups excluding carboxylic acids is 1. The van der Waals surface area contributed by atoms with Crippen molar-refractivity contribution in [2.75, 3.05) is 26.3 Å². The lowest BCUT2D eigenvalue weighted by molar-refractivity contribution is 0.0548. The number of hydrogen-bond donors (Lipinski definition) is 1. The number of hydrogen-bond acceptors (Lipinski definition) is 4. The predicted octanol–water partition coefficient (Wildman–Crippen LogP) is 4.01. The Morgan fingerprint density at radius 2 is 1.77 bits per heavy atom. The first kappa shape index (κ1) is 20.0. The van der Waals surface area contributed by atoms with Gasteiger partial charge in [-0.1, -0.05) is 42.5 Å². The molecule has 1 amide bonds. The molecular formula is C24H24FN3O2. The molecule has 0 unspecified atom stereocenters. The zero-order valence-corrected chi connectivity index (χ0v) is 16.7. The van der Waals surface area contributed by atoms with Crippen LogP contribution in [0.15, 0.2) is 76.5 Å². The summed E-state index contributed by atoms with van der Waals surface area (Å²) in [6.45, 7) is 3.02. The first-order chi connectivity index (χ1) is 14.7. The number of halogens is 1. The topological polar surface area (TPSA) is 53.9 Å². The Hall–Kier alpha value is -3.25. The van der Waals surface area contributed by atoms with Crippen LogP contribution in [0.1, 0.15) is 28.8 Å². The summed E-state index contributed by atoms with van der Waals surface area (Å²) in [5, 5.41) is 4.12. The molecule has 0 saturated carbocycles. The standard InChI is InChI=1S/C24H24FN3O2/c25-22-9-5-4-8-21(22)24(29)27-26-17-20-11-10-19(16-18-6-2-1-3-7-18)23(20)28-12-14-30-15-13-28/h1-9,16-17H,10-15H2,(H,27,29)/b19-16?,26-17-. The van der Waals surface area contributed by atoms with Crippen LogP contribution in [0.5, 0.6) is 0 Å². The van der Waals surface area contributed by atoms with Crippen molar-refractivity contribution >= 4 is 18.2 Å². The van der Waals surface area contributed by atoms with Crippen molar-refractivity contribution in [1.82, 2.24) is 10.3 Å². The van der Waals surface area contributed by atoms with E-state index in [1.54, 1.807) is 18.3 Å². The van der Waals surface area contributed by atoms with Gasteiger partial charge in [-0.25, -0.2) is 9.82 Å². The fourth-order valence-electron chi connectivity index (χ4n) is 3.80.